The van der Waals surface area contributed by atoms with Gasteiger partial charge in [0, 0.05) is 28.8 Å². The predicted octanol–water partition coefficient (Wildman–Crippen LogP) is 2.36. The van der Waals surface area contributed by atoms with E-state index in [0.717, 1.165) is 12.2 Å². The van der Waals surface area contributed by atoms with Crippen molar-refractivity contribution in [3.63, 3.8) is 0 Å². The van der Waals surface area contributed by atoms with Gasteiger partial charge in [-0.05, 0) is 18.2 Å². The summed E-state index contributed by atoms with van der Waals surface area (Å²) in [6, 6.07) is 5.31. The van der Waals surface area contributed by atoms with Crippen LogP contribution < -0.4 is 11.1 Å². The largest absolute Gasteiger partial charge is 0.384 e. The lowest BCUT2D eigenvalue weighted by atomic mass is 10.3. The van der Waals surface area contributed by atoms with Crippen LogP contribution in [-0.4, -0.2) is 13.1 Å². The molecule has 0 atom stereocenters. The Bertz CT molecular complexity index is 243. The summed E-state index contributed by atoms with van der Waals surface area (Å²) in [5.74, 6) is 0. The molecule has 0 unspecified atom stereocenters. The molecule has 2 nitrogen and oxygen atoms in total. The first-order valence-corrected chi connectivity index (χ1v) is 4.38. The van der Waals surface area contributed by atoms with E-state index in [1.807, 2.05) is 12.1 Å². The molecule has 0 saturated carbocycles. The molecule has 0 saturated heterocycles. The number of halogens is 2. The monoisotopic (exact) mass is 204 g/mol. The van der Waals surface area contributed by atoms with Crippen LogP contribution in [-0.2, 0) is 0 Å². The van der Waals surface area contributed by atoms with E-state index in [1.165, 1.54) is 0 Å². The summed E-state index contributed by atoms with van der Waals surface area (Å²) in [6.07, 6.45) is 0. The van der Waals surface area contributed by atoms with E-state index >= 15 is 0 Å². The second-order valence-corrected chi connectivity index (χ2v) is 3.25. The van der Waals surface area contributed by atoms with E-state index in [-0.39, 0.29) is 0 Å². The van der Waals surface area contributed by atoms with Crippen molar-refractivity contribution < 1.29 is 0 Å². The van der Waals surface area contributed by atoms with E-state index < -0.39 is 0 Å². The smallest absolute Gasteiger partial charge is 0.0441 e. The summed E-state index contributed by atoms with van der Waals surface area (Å²) >= 11 is 11.5. The van der Waals surface area contributed by atoms with Gasteiger partial charge < -0.3 is 11.1 Å². The standard InChI is InChI=1S/C8H10Cl2N2/c9-6-3-7(10)5-8(4-6)12-2-1-11/h3-5,12H,1-2,11H2. The Morgan fingerprint density at radius 1 is 1.17 bits per heavy atom. The van der Waals surface area contributed by atoms with Gasteiger partial charge in [-0.15, -0.1) is 0 Å². The second kappa shape index (κ2) is 4.55. The van der Waals surface area contributed by atoms with Crippen molar-refractivity contribution in [2.75, 3.05) is 18.4 Å². The molecular weight excluding hydrogens is 195 g/mol. The molecule has 3 N–H and O–H groups in total. The van der Waals surface area contributed by atoms with Gasteiger partial charge in [0.1, 0.15) is 0 Å². The SMILES string of the molecule is NCCNc1cc(Cl)cc(Cl)c1. The Hall–Kier alpha value is -0.440. The van der Waals surface area contributed by atoms with E-state index in [9.17, 15) is 0 Å². The normalized spacial score (nSPS) is 9.92. The van der Waals surface area contributed by atoms with Crippen LogP contribution in [0.15, 0.2) is 18.2 Å². The maximum absolute atomic E-state index is 5.77. The lowest BCUT2D eigenvalue weighted by Crippen LogP contribution is -2.12. The summed E-state index contributed by atoms with van der Waals surface area (Å²) in [5.41, 5.74) is 6.22. The Labute approximate surface area is 81.7 Å². The predicted molar refractivity (Wildman–Crippen MR) is 54.0 cm³/mol. The molecule has 12 heavy (non-hydrogen) atoms. The molecular formula is C8H10Cl2N2. The lowest BCUT2D eigenvalue weighted by Gasteiger charge is -2.04. The molecule has 0 aliphatic carbocycles. The topological polar surface area (TPSA) is 38.0 Å². The van der Waals surface area contributed by atoms with Crippen molar-refractivity contribution >= 4 is 28.9 Å². The number of benzene rings is 1. The molecule has 0 aliphatic heterocycles. The molecule has 1 aromatic carbocycles. The summed E-state index contributed by atoms with van der Waals surface area (Å²) in [6.45, 7) is 1.31. The van der Waals surface area contributed by atoms with Crippen molar-refractivity contribution in [2.24, 2.45) is 5.73 Å². The van der Waals surface area contributed by atoms with E-state index in [4.69, 9.17) is 28.9 Å². The highest BCUT2D eigenvalue weighted by Gasteiger charge is 1.95. The maximum atomic E-state index is 5.77. The van der Waals surface area contributed by atoms with Gasteiger partial charge in [0.2, 0.25) is 0 Å². The van der Waals surface area contributed by atoms with Crippen LogP contribution in [0.25, 0.3) is 0 Å². The fraction of sp³-hybridized carbons (Fsp3) is 0.250. The fourth-order valence-electron chi connectivity index (χ4n) is 0.872. The van der Waals surface area contributed by atoms with Crippen molar-refractivity contribution in [2.45, 2.75) is 0 Å². The van der Waals surface area contributed by atoms with Crippen LogP contribution in [0.1, 0.15) is 0 Å². The first-order chi connectivity index (χ1) is 5.72. The highest BCUT2D eigenvalue weighted by molar-refractivity contribution is 6.35. The number of nitrogens with one attached hydrogen (secondary N) is 1. The molecule has 0 amide bonds. The third-order valence-corrected chi connectivity index (χ3v) is 1.77. The van der Waals surface area contributed by atoms with E-state index in [0.29, 0.717) is 16.6 Å². The zero-order valence-electron chi connectivity index (χ0n) is 6.48. The molecule has 1 aromatic rings. The van der Waals surface area contributed by atoms with Gasteiger partial charge in [0.15, 0.2) is 0 Å². The minimum Gasteiger partial charge on any atom is -0.384 e. The van der Waals surface area contributed by atoms with Crippen molar-refractivity contribution in [1.82, 2.24) is 0 Å². The molecule has 0 heterocycles. The zero-order chi connectivity index (χ0) is 8.97. The van der Waals surface area contributed by atoms with Crippen LogP contribution in [0.5, 0.6) is 0 Å². The number of rotatable bonds is 3. The molecule has 4 heteroatoms. The van der Waals surface area contributed by atoms with Gasteiger partial charge in [-0.2, -0.15) is 0 Å². The zero-order valence-corrected chi connectivity index (χ0v) is 7.99. The molecule has 0 spiro atoms. The summed E-state index contributed by atoms with van der Waals surface area (Å²) in [5, 5.41) is 4.34. The highest BCUT2D eigenvalue weighted by Crippen LogP contribution is 2.21. The Kier molecular flexibility index (Phi) is 3.66. The molecule has 0 aliphatic rings. The molecule has 0 fully saturated rings. The third-order valence-electron chi connectivity index (χ3n) is 1.34. The van der Waals surface area contributed by atoms with Crippen LogP contribution >= 0.6 is 23.2 Å². The molecule has 0 bridgehead atoms. The average molecular weight is 205 g/mol. The average Bonchev–Trinajstić information content (AvgIpc) is 1.99. The minimum absolute atomic E-state index is 0.587. The molecule has 0 radical (unpaired) electrons. The second-order valence-electron chi connectivity index (χ2n) is 2.37. The summed E-state index contributed by atoms with van der Waals surface area (Å²) in [7, 11) is 0. The van der Waals surface area contributed by atoms with Crippen molar-refractivity contribution in [1.29, 1.82) is 0 Å². The maximum Gasteiger partial charge on any atom is 0.0441 e. The quantitative estimate of drug-likeness (QED) is 0.794. The third kappa shape index (κ3) is 2.89. The fourth-order valence-corrected chi connectivity index (χ4v) is 1.40. The van der Waals surface area contributed by atoms with Gasteiger partial charge in [0.05, 0.1) is 0 Å². The van der Waals surface area contributed by atoms with Gasteiger partial charge in [-0.3, -0.25) is 0 Å². The number of hydrogen-bond acceptors (Lipinski definition) is 2. The first kappa shape index (κ1) is 9.65. The highest BCUT2D eigenvalue weighted by atomic mass is 35.5. The van der Waals surface area contributed by atoms with Crippen LogP contribution in [0.3, 0.4) is 0 Å². The van der Waals surface area contributed by atoms with Gasteiger partial charge in [0.25, 0.3) is 0 Å². The van der Waals surface area contributed by atoms with Gasteiger partial charge >= 0.3 is 0 Å². The van der Waals surface area contributed by atoms with Crippen LogP contribution in [0.4, 0.5) is 5.69 Å². The van der Waals surface area contributed by atoms with Gasteiger partial charge in [-0.1, -0.05) is 23.2 Å². The van der Waals surface area contributed by atoms with Crippen LogP contribution in [0, 0.1) is 0 Å². The number of anilines is 1. The molecule has 1 rings (SSSR count). The number of nitrogens with two attached hydrogens (primary N) is 1. The minimum atomic E-state index is 0.587. The number of hydrogen-bond donors (Lipinski definition) is 2. The van der Waals surface area contributed by atoms with Crippen molar-refractivity contribution in [3.05, 3.63) is 28.2 Å². The van der Waals surface area contributed by atoms with Crippen molar-refractivity contribution in [3.8, 4) is 0 Å². The Morgan fingerprint density at radius 3 is 2.25 bits per heavy atom. The first-order valence-electron chi connectivity index (χ1n) is 3.62. The summed E-state index contributed by atoms with van der Waals surface area (Å²) in [4.78, 5) is 0. The molecule has 0 aromatic heterocycles. The van der Waals surface area contributed by atoms with Gasteiger partial charge in [-0.25, -0.2) is 0 Å². The van der Waals surface area contributed by atoms with E-state index in [2.05, 4.69) is 5.32 Å². The molecule has 66 valence electrons. The summed E-state index contributed by atoms with van der Waals surface area (Å²) < 4.78 is 0. The Morgan fingerprint density at radius 2 is 1.75 bits per heavy atom. The van der Waals surface area contributed by atoms with Crippen LogP contribution in [0.2, 0.25) is 10.0 Å². The van der Waals surface area contributed by atoms with E-state index in [1.54, 1.807) is 6.07 Å². The Balaban J connectivity index is 2.72. The lowest BCUT2D eigenvalue weighted by molar-refractivity contribution is 1.02.